The van der Waals surface area contributed by atoms with E-state index in [4.69, 9.17) is 9.52 Å². The number of oxazole rings is 1. The van der Waals surface area contributed by atoms with Crippen LogP contribution in [0.2, 0.25) is 0 Å². The van der Waals surface area contributed by atoms with E-state index in [1.165, 1.54) is 12.6 Å². The average molecular weight is 348 g/mol. The lowest BCUT2D eigenvalue weighted by molar-refractivity contribution is 0.0654. The van der Waals surface area contributed by atoms with Gasteiger partial charge < -0.3 is 14.3 Å². The fourth-order valence-corrected chi connectivity index (χ4v) is 3.52. The number of carbonyl (C=O) groups excluding carboxylic acids is 1. The molecule has 0 saturated carbocycles. The third kappa shape index (κ3) is 2.22. The summed E-state index contributed by atoms with van der Waals surface area (Å²) in [6.07, 6.45) is 7.00. The lowest BCUT2D eigenvalue weighted by Crippen LogP contribution is -2.40. The number of imidazole rings is 1. The summed E-state index contributed by atoms with van der Waals surface area (Å²) >= 11 is 0. The minimum absolute atomic E-state index is 0.214. The van der Waals surface area contributed by atoms with Crippen LogP contribution in [0.15, 0.2) is 47.7 Å². The Labute approximate surface area is 148 Å². The summed E-state index contributed by atoms with van der Waals surface area (Å²) in [6, 6.07) is 5.69. The Kier molecular flexibility index (Phi) is 3.18. The number of pyridine rings is 1. The number of aryl methyl sites for hydroxylation is 1. The third-order valence-corrected chi connectivity index (χ3v) is 4.75. The standard InChI is InChI=1S/C18H16N6O2/c1-11-2-5-24-12(6-11)7-14(22-24)17-16-13(20-9-21-16)3-4-23(17)18(25)15-8-19-10-26-15/h2,5-10,17H,3-4H2,1H3,(H,20,21)/t17-/m1/s1. The molecule has 0 bridgehead atoms. The number of aromatic nitrogens is 5. The van der Waals surface area contributed by atoms with Crippen LogP contribution < -0.4 is 0 Å². The first-order valence-electron chi connectivity index (χ1n) is 8.38. The summed E-state index contributed by atoms with van der Waals surface area (Å²) < 4.78 is 7.04. The molecule has 1 N–H and O–H groups in total. The van der Waals surface area contributed by atoms with E-state index in [1.54, 1.807) is 11.2 Å². The molecule has 4 aromatic heterocycles. The van der Waals surface area contributed by atoms with Gasteiger partial charge in [0, 0.05) is 24.9 Å². The van der Waals surface area contributed by atoms with Crippen LogP contribution in [0.5, 0.6) is 0 Å². The number of nitrogens with zero attached hydrogens (tertiary/aromatic N) is 5. The van der Waals surface area contributed by atoms with E-state index >= 15 is 0 Å². The Morgan fingerprint density at radius 1 is 1.38 bits per heavy atom. The molecule has 8 heteroatoms. The number of nitrogens with one attached hydrogen (secondary N) is 1. The summed E-state index contributed by atoms with van der Waals surface area (Å²) in [5.74, 6) is 0.00276. The van der Waals surface area contributed by atoms with E-state index in [9.17, 15) is 4.79 Å². The van der Waals surface area contributed by atoms with Crippen molar-refractivity contribution < 1.29 is 9.21 Å². The molecule has 26 heavy (non-hydrogen) atoms. The second-order valence-corrected chi connectivity index (χ2v) is 6.43. The maximum atomic E-state index is 13.0. The molecular weight excluding hydrogens is 332 g/mol. The molecule has 5 rings (SSSR count). The number of amides is 1. The minimum Gasteiger partial charge on any atom is -0.438 e. The maximum absolute atomic E-state index is 13.0. The van der Waals surface area contributed by atoms with Gasteiger partial charge in [-0.2, -0.15) is 5.10 Å². The molecule has 0 aromatic carbocycles. The van der Waals surface area contributed by atoms with Crippen LogP contribution in [0.25, 0.3) is 5.52 Å². The van der Waals surface area contributed by atoms with Crippen molar-refractivity contribution in [2.24, 2.45) is 0 Å². The molecule has 8 nitrogen and oxygen atoms in total. The summed E-state index contributed by atoms with van der Waals surface area (Å²) in [5, 5.41) is 4.69. The van der Waals surface area contributed by atoms with E-state index < -0.39 is 0 Å². The first-order valence-corrected chi connectivity index (χ1v) is 8.38. The Hall–Kier alpha value is -3.42. The number of hydrogen-bond donors (Lipinski definition) is 1. The van der Waals surface area contributed by atoms with Crippen LogP contribution in [0.1, 0.15) is 39.2 Å². The second-order valence-electron chi connectivity index (χ2n) is 6.43. The summed E-state index contributed by atoms with van der Waals surface area (Å²) in [4.78, 5) is 26.2. The van der Waals surface area contributed by atoms with Gasteiger partial charge in [-0.15, -0.1) is 0 Å². The Morgan fingerprint density at radius 3 is 3.15 bits per heavy atom. The zero-order valence-corrected chi connectivity index (χ0v) is 14.1. The lowest BCUT2D eigenvalue weighted by Gasteiger charge is -2.33. The molecule has 1 aliphatic heterocycles. The van der Waals surface area contributed by atoms with Gasteiger partial charge in [-0.3, -0.25) is 4.79 Å². The predicted molar refractivity (Wildman–Crippen MR) is 91.6 cm³/mol. The molecule has 0 spiro atoms. The van der Waals surface area contributed by atoms with Crippen molar-refractivity contribution >= 4 is 11.4 Å². The van der Waals surface area contributed by atoms with Crippen LogP contribution in [0, 0.1) is 6.92 Å². The third-order valence-electron chi connectivity index (χ3n) is 4.75. The van der Waals surface area contributed by atoms with Crippen molar-refractivity contribution in [2.75, 3.05) is 6.54 Å². The minimum atomic E-state index is -0.372. The summed E-state index contributed by atoms with van der Waals surface area (Å²) in [7, 11) is 0. The zero-order valence-electron chi connectivity index (χ0n) is 14.1. The molecule has 130 valence electrons. The van der Waals surface area contributed by atoms with E-state index in [1.807, 2.05) is 29.8 Å². The monoisotopic (exact) mass is 348 g/mol. The molecule has 0 unspecified atom stereocenters. The molecule has 5 heterocycles. The first kappa shape index (κ1) is 14.9. The molecular formula is C18H16N6O2. The average Bonchev–Trinajstić information content (AvgIpc) is 3.38. The maximum Gasteiger partial charge on any atom is 0.292 e. The van der Waals surface area contributed by atoms with Gasteiger partial charge in [0.1, 0.15) is 6.04 Å². The van der Waals surface area contributed by atoms with Gasteiger partial charge in [-0.25, -0.2) is 14.5 Å². The summed E-state index contributed by atoms with van der Waals surface area (Å²) in [6.45, 7) is 2.59. The molecule has 0 saturated heterocycles. The fraction of sp³-hybridized carbons (Fsp3) is 0.222. The number of carbonyl (C=O) groups is 1. The van der Waals surface area contributed by atoms with Crippen LogP contribution in [0.4, 0.5) is 0 Å². The molecule has 0 aliphatic carbocycles. The van der Waals surface area contributed by atoms with Crippen LogP contribution in [-0.4, -0.2) is 41.9 Å². The molecule has 1 aliphatic rings. The topological polar surface area (TPSA) is 92.3 Å². The Morgan fingerprint density at radius 2 is 2.31 bits per heavy atom. The fourth-order valence-electron chi connectivity index (χ4n) is 3.52. The number of rotatable bonds is 2. The number of hydrogen-bond acceptors (Lipinski definition) is 5. The number of aromatic amines is 1. The van der Waals surface area contributed by atoms with Gasteiger partial charge in [-0.1, -0.05) is 0 Å². The van der Waals surface area contributed by atoms with Crippen molar-refractivity contribution in [3.8, 4) is 0 Å². The van der Waals surface area contributed by atoms with Gasteiger partial charge in [-0.05, 0) is 30.7 Å². The van der Waals surface area contributed by atoms with Gasteiger partial charge >= 0.3 is 0 Å². The largest absolute Gasteiger partial charge is 0.438 e. The second kappa shape index (κ2) is 5.55. The predicted octanol–water partition coefficient (Wildman–Crippen LogP) is 2.14. The molecule has 1 amide bonds. The van der Waals surface area contributed by atoms with E-state index in [2.05, 4.69) is 21.0 Å². The van der Waals surface area contributed by atoms with Crippen molar-refractivity contribution in [1.82, 2.24) is 29.5 Å². The quantitative estimate of drug-likeness (QED) is 0.599. The van der Waals surface area contributed by atoms with Gasteiger partial charge in [0.25, 0.3) is 5.91 Å². The van der Waals surface area contributed by atoms with Crippen molar-refractivity contribution in [3.63, 3.8) is 0 Å². The van der Waals surface area contributed by atoms with E-state index in [0.29, 0.717) is 13.0 Å². The van der Waals surface area contributed by atoms with Crippen LogP contribution >= 0.6 is 0 Å². The van der Waals surface area contributed by atoms with Gasteiger partial charge in [0.2, 0.25) is 5.76 Å². The van der Waals surface area contributed by atoms with Crippen LogP contribution in [0.3, 0.4) is 0 Å². The highest BCUT2D eigenvalue weighted by Gasteiger charge is 2.37. The van der Waals surface area contributed by atoms with Crippen molar-refractivity contribution in [2.45, 2.75) is 19.4 Å². The Bertz CT molecular complexity index is 1090. The normalized spacial score (nSPS) is 16.8. The van der Waals surface area contributed by atoms with Crippen molar-refractivity contribution in [3.05, 3.63) is 71.7 Å². The lowest BCUT2D eigenvalue weighted by atomic mass is 9.99. The highest BCUT2D eigenvalue weighted by Crippen LogP contribution is 2.34. The number of H-pyrrole nitrogens is 1. The zero-order chi connectivity index (χ0) is 17.7. The Balaban J connectivity index is 1.64. The smallest absolute Gasteiger partial charge is 0.292 e. The SMILES string of the molecule is Cc1ccn2nc([C@@H]3c4nc[nH]c4CCN3C(=O)c3cnco3)cc2c1. The highest BCUT2D eigenvalue weighted by molar-refractivity contribution is 5.91. The molecule has 1 atom stereocenters. The first-order chi connectivity index (χ1) is 12.7. The number of fused-ring (bicyclic) bond motifs is 2. The summed E-state index contributed by atoms with van der Waals surface area (Å²) in [5.41, 5.74) is 4.77. The molecule has 4 aromatic rings. The van der Waals surface area contributed by atoms with Crippen molar-refractivity contribution in [1.29, 1.82) is 0 Å². The van der Waals surface area contributed by atoms with Crippen LogP contribution in [-0.2, 0) is 6.42 Å². The molecule has 0 radical (unpaired) electrons. The van der Waals surface area contributed by atoms with Gasteiger partial charge in [0.15, 0.2) is 6.39 Å². The van der Waals surface area contributed by atoms with E-state index in [-0.39, 0.29) is 17.7 Å². The van der Waals surface area contributed by atoms with Gasteiger partial charge in [0.05, 0.1) is 29.4 Å². The molecule has 0 fully saturated rings. The highest BCUT2D eigenvalue weighted by atomic mass is 16.3. The van der Waals surface area contributed by atoms with E-state index in [0.717, 1.165) is 28.2 Å².